The van der Waals surface area contributed by atoms with Crippen molar-refractivity contribution in [1.82, 2.24) is 4.90 Å². The fraction of sp³-hybridized carbons (Fsp3) is 0.222. The highest BCUT2D eigenvalue weighted by molar-refractivity contribution is 9.10. The van der Waals surface area contributed by atoms with E-state index in [0.717, 1.165) is 23.2 Å². The molecule has 0 atom stereocenters. The molecule has 1 fully saturated rings. The lowest BCUT2D eigenvalue weighted by atomic mass is 10.2. The molecule has 1 heterocycles. The molecule has 3 rings (SSSR count). The molecule has 0 radical (unpaired) electrons. The molecule has 0 aliphatic carbocycles. The lowest BCUT2D eigenvalue weighted by Gasteiger charge is -2.36. The minimum atomic E-state index is -0.161. The molecule has 0 aromatic heterocycles. The molecule has 122 valence electrons. The van der Waals surface area contributed by atoms with Crippen molar-refractivity contribution >= 4 is 33.3 Å². The first kappa shape index (κ1) is 16.3. The van der Waals surface area contributed by atoms with Gasteiger partial charge in [0, 0.05) is 36.3 Å². The van der Waals surface area contributed by atoms with Gasteiger partial charge >= 0.3 is 6.03 Å². The minimum Gasteiger partial charge on any atom is -0.368 e. The predicted molar refractivity (Wildman–Crippen MR) is 98.1 cm³/mol. The second-order valence-corrected chi connectivity index (χ2v) is 6.46. The van der Waals surface area contributed by atoms with Crippen molar-refractivity contribution in [2.24, 2.45) is 0 Å². The van der Waals surface area contributed by atoms with Crippen molar-refractivity contribution in [3.05, 3.63) is 58.6 Å². The molecule has 0 unspecified atom stereocenters. The predicted octanol–water partition coefficient (Wildman–Crippen LogP) is 3.67. The molecule has 1 saturated heterocycles. The number of nitrogens with one attached hydrogen (secondary N) is 1. The van der Waals surface area contributed by atoms with Crippen LogP contribution in [0.2, 0.25) is 0 Å². The molecule has 0 bridgehead atoms. The molecule has 2 aromatic carbocycles. The van der Waals surface area contributed by atoms with Gasteiger partial charge in [0.2, 0.25) is 0 Å². The number of rotatable bonds is 2. The Labute approximate surface area is 149 Å². The van der Waals surface area contributed by atoms with Crippen LogP contribution in [0.3, 0.4) is 0 Å². The molecule has 1 aliphatic rings. The molecule has 0 saturated carbocycles. The summed E-state index contributed by atoms with van der Waals surface area (Å²) in [6.45, 7) is 2.85. The van der Waals surface area contributed by atoms with E-state index in [-0.39, 0.29) is 6.03 Å². The summed E-state index contributed by atoms with van der Waals surface area (Å²) in [4.78, 5) is 16.5. The number of amides is 2. The molecule has 2 aromatic rings. The first-order valence-corrected chi connectivity index (χ1v) is 8.52. The van der Waals surface area contributed by atoms with Gasteiger partial charge in [0.15, 0.2) is 0 Å². The summed E-state index contributed by atoms with van der Waals surface area (Å²) in [5, 5.41) is 11.9. The van der Waals surface area contributed by atoms with Gasteiger partial charge in [-0.25, -0.2) is 4.79 Å². The molecular weight excluding hydrogens is 368 g/mol. The maximum absolute atomic E-state index is 12.4. The van der Waals surface area contributed by atoms with Crippen LogP contribution in [0, 0.1) is 11.3 Å². The number of hydrogen-bond acceptors (Lipinski definition) is 3. The maximum Gasteiger partial charge on any atom is 0.322 e. The Morgan fingerprint density at radius 1 is 1.08 bits per heavy atom. The van der Waals surface area contributed by atoms with Crippen LogP contribution in [-0.2, 0) is 0 Å². The largest absolute Gasteiger partial charge is 0.368 e. The number of halogens is 1. The Morgan fingerprint density at radius 2 is 1.83 bits per heavy atom. The molecule has 1 aliphatic heterocycles. The summed E-state index contributed by atoms with van der Waals surface area (Å²) in [6.07, 6.45) is 0. The van der Waals surface area contributed by atoms with E-state index in [9.17, 15) is 4.79 Å². The molecule has 6 heteroatoms. The Bertz CT molecular complexity index is 779. The number of anilines is 2. The van der Waals surface area contributed by atoms with Crippen LogP contribution in [-0.4, -0.2) is 37.1 Å². The zero-order chi connectivity index (χ0) is 16.9. The summed E-state index contributed by atoms with van der Waals surface area (Å²) in [5.41, 5.74) is 2.18. The Hall–Kier alpha value is -2.52. The van der Waals surface area contributed by atoms with Gasteiger partial charge in [-0.2, -0.15) is 5.26 Å². The summed E-state index contributed by atoms with van der Waals surface area (Å²) in [6, 6.07) is 17.1. The lowest BCUT2D eigenvalue weighted by molar-refractivity contribution is 0.208. The Balaban J connectivity index is 1.60. The first-order valence-electron chi connectivity index (χ1n) is 7.73. The average molecular weight is 385 g/mol. The number of benzene rings is 2. The monoisotopic (exact) mass is 384 g/mol. The number of carbonyl (C=O) groups excluding carboxylic acids is 1. The van der Waals surface area contributed by atoms with Crippen molar-refractivity contribution in [1.29, 1.82) is 5.26 Å². The summed E-state index contributed by atoms with van der Waals surface area (Å²) in [7, 11) is 0. The SMILES string of the molecule is N#Cc1ccccc1NC(=O)N1CCN(c2cccc(Br)c2)CC1. The minimum absolute atomic E-state index is 0.161. The van der Waals surface area contributed by atoms with Gasteiger partial charge in [-0.3, -0.25) is 0 Å². The van der Waals surface area contributed by atoms with Crippen LogP contribution in [0.15, 0.2) is 53.0 Å². The van der Waals surface area contributed by atoms with Gasteiger partial charge in [0.1, 0.15) is 6.07 Å². The van der Waals surface area contributed by atoms with Gasteiger partial charge < -0.3 is 15.1 Å². The first-order chi connectivity index (χ1) is 11.7. The maximum atomic E-state index is 12.4. The van der Waals surface area contributed by atoms with E-state index >= 15 is 0 Å². The number of piperazine rings is 1. The number of carbonyl (C=O) groups is 1. The Kier molecular flexibility index (Phi) is 5.02. The highest BCUT2D eigenvalue weighted by Crippen LogP contribution is 2.21. The van der Waals surface area contributed by atoms with Crippen molar-refractivity contribution in [2.75, 3.05) is 36.4 Å². The number of urea groups is 1. The lowest BCUT2D eigenvalue weighted by Crippen LogP contribution is -2.50. The fourth-order valence-corrected chi connectivity index (χ4v) is 3.11. The van der Waals surface area contributed by atoms with Crippen LogP contribution in [0.4, 0.5) is 16.2 Å². The molecule has 2 amide bonds. The second-order valence-electron chi connectivity index (χ2n) is 5.54. The highest BCUT2D eigenvalue weighted by atomic mass is 79.9. The van der Waals surface area contributed by atoms with E-state index in [0.29, 0.717) is 24.3 Å². The zero-order valence-electron chi connectivity index (χ0n) is 13.1. The van der Waals surface area contributed by atoms with E-state index in [1.807, 2.05) is 18.2 Å². The third-order valence-electron chi connectivity index (χ3n) is 4.03. The van der Waals surface area contributed by atoms with E-state index in [2.05, 4.69) is 44.3 Å². The van der Waals surface area contributed by atoms with Crippen LogP contribution in [0.25, 0.3) is 0 Å². The average Bonchev–Trinajstić information content (AvgIpc) is 2.62. The zero-order valence-corrected chi connectivity index (χ0v) is 14.7. The molecule has 0 spiro atoms. The van der Waals surface area contributed by atoms with Crippen LogP contribution in [0.1, 0.15) is 5.56 Å². The van der Waals surface area contributed by atoms with Crippen LogP contribution < -0.4 is 10.2 Å². The molecule has 24 heavy (non-hydrogen) atoms. The van der Waals surface area contributed by atoms with Gasteiger partial charge in [-0.1, -0.05) is 34.1 Å². The number of para-hydroxylation sites is 1. The van der Waals surface area contributed by atoms with Gasteiger partial charge in [0.25, 0.3) is 0 Å². The standard InChI is InChI=1S/C18H17BrN4O/c19-15-5-3-6-16(12-15)22-8-10-23(11-9-22)18(24)21-17-7-2-1-4-14(17)13-20/h1-7,12H,8-11H2,(H,21,24). The molecular formula is C18H17BrN4O. The van der Waals surface area contributed by atoms with Crippen molar-refractivity contribution < 1.29 is 4.79 Å². The highest BCUT2D eigenvalue weighted by Gasteiger charge is 2.21. The smallest absolute Gasteiger partial charge is 0.322 e. The van der Waals surface area contributed by atoms with Crippen molar-refractivity contribution in [3.8, 4) is 6.07 Å². The fourth-order valence-electron chi connectivity index (χ4n) is 2.72. The molecule has 5 nitrogen and oxygen atoms in total. The van der Waals surface area contributed by atoms with Gasteiger partial charge in [0.05, 0.1) is 11.3 Å². The normalized spacial score (nSPS) is 14.2. The summed E-state index contributed by atoms with van der Waals surface area (Å²) < 4.78 is 1.05. The number of nitrogens with zero attached hydrogens (tertiary/aromatic N) is 3. The third-order valence-corrected chi connectivity index (χ3v) is 4.52. The molecule has 1 N–H and O–H groups in total. The van der Waals surface area contributed by atoms with Gasteiger partial charge in [-0.05, 0) is 30.3 Å². The van der Waals surface area contributed by atoms with E-state index < -0.39 is 0 Å². The van der Waals surface area contributed by atoms with E-state index in [1.54, 1.807) is 23.1 Å². The van der Waals surface area contributed by atoms with Crippen molar-refractivity contribution in [3.63, 3.8) is 0 Å². The second kappa shape index (κ2) is 7.37. The summed E-state index contributed by atoms with van der Waals surface area (Å²) >= 11 is 3.49. The summed E-state index contributed by atoms with van der Waals surface area (Å²) in [5.74, 6) is 0. The van der Waals surface area contributed by atoms with Crippen LogP contribution >= 0.6 is 15.9 Å². The quantitative estimate of drug-likeness (QED) is 0.858. The van der Waals surface area contributed by atoms with E-state index in [1.165, 1.54) is 0 Å². The topological polar surface area (TPSA) is 59.4 Å². The van der Waals surface area contributed by atoms with Crippen molar-refractivity contribution in [2.45, 2.75) is 0 Å². The third kappa shape index (κ3) is 3.69. The number of nitriles is 1. The van der Waals surface area contributed by atoms with E-state index in [4.69, 9.17) is 5.26 Å². The van der Waals surface area contributed by atoms with Gasteiger partial charge in [-0.15, -0.1) is 0 Å². The Morgan fingerprint density at radius 3 is 2.54 bits per heavy atom. The number of hydrogen-bond donors (Lipinski definition) is 1. The van der Waals surface area contributed by atoms with Crippen LogP contribution in [0.5, 0.6) is 0 Å².